The molecule has 0 unspecified atom stereocenters. The number of aromatic nitrogens is 2. The second-order valence-corrected chi connectivity index (χ2v) is 11.9. The zero-order chi connectivity index (χ0) is 30.5. The smallest absolute Gasteiger partial charge is 0.0346 e. The molecule has 0 bridgehead atoms. The normalized spacial score (nSPS) is 11.5. The summed E-state index contributed by atoms with van der Waals surface area (Å²) in [4.78, 5) is 8.85. The van der Waals surface area contributed by atoms with Crippen LogP contribution in [0, 0.1) is 0 Å². The monoisotopic (exact) mass is 584 g/mol. The third-order valence-electron chi connectivity index (χ3n) is 9.18. The lowest BCUT2D eigenvalue weighted by atomic mass is 9.85. The third-order valence-corrected chi connectivity index (χ3v) is 9.18. The van der Waals surface area contributed by atoms with Gasteiger partial charge in [-0.15, -0.1) is 0 Å². The average molecular weight is 585 g/mol. The molecular weight excluding hydrogens is 556 g/mol. The van der Waals surface area contributed by atoms with Gasteiger partial charge in [0.2, 0.25) is 0 Å². The predicted molar refractivity (Wildman–Crippen MR) is 193 cm³/mol. The van der Waals surface area contributed by atoms with Crippen LogP contribution < -0.4 is 0 Å². The average Bonchev–Trinajstić information content (AvgIpc) is 3.14. The molecule has 0 radical (unpaired) electrons. The topological polar surface area (TPSA) is 25.8 Å². The van der Waals surface area contributed by atoms with Crippen LogP contribution in [0.1, 0.15) is 0 Å². The Kier molecular flexibility index (Phi) is 6.17. The highest BCUT2D eigenvalue weighted by molar-refractivity contribution is 6.28. The van der Waals surface area contributed by atoms with E-state index in [1.807, 2.05) is 36.9 Å². The Bertz CT molecular complexity index is 2470. The maximum absolute atomic E-state index is 4.49. The molecule has 0 fully saturated rings. The molecule has 0 saturated heterocycles. The van der Waals surface area contributed by atoms with Crippen molar-refractivity contribution in [2.75, 3.05) is 0 Å². The van der Waals surface area contributed by atoms with Crippen LogP contribution in [0.25, 0.3) is 88.0 Å². The van der Waals surface area contributed by atoms with Gasteiger partial charge in [0.15, 0.2) is 0 Å². The van der Waals surface area contributed by atoms with Crippen molar-refractivity contribution in [1.29, 1.82) is 0 Å². The van der Waals surface area contributed by atoms with Crippen LogP contribution in [0.15, 0.2) is 170 Å². The highest BCUT2D eigenvalue weighted by Crippen LogP contribution is 2.45. The predicted octanol–water partition coefficient (Wildman–Crippen LogP) is 11.7. The zero-order valence-corrected chi connectivity index (χ0v) is 25.1. The number of rotatable bonds is 5. The minimum Gasteiger partial charge on any atom is -0.264 e. The first kappa shape index (κ1) is 26.3. The molecular formula is C44H28N2. The second-order valence-electron chi connectivity index (χ2n) is 11.9. The first-order valence-electron chi connectivity index (χ1n) is 15.6. The van der Waals surface area contributed by atoms with E-state index in [1.165, 1.54) is 76.8 Å². The summed E-state index contributed by atoms with van der Waals surface area (Å²) < 4.78 is 0. The largest absolute Gasteiger partial charge is 0.264 e. The fourth-order valence-electron chi connectivity index (χ4n) is 6.97. The van der Waals surface area contributed by atoms with E-state index in [9.17, 15) is 0 Å². The molecule has 2 aromatic heterocycles. The van der Waals surface area contributed by atoms with Crippen LogP contribution in [0.5, 0.6) is 0 Å². The molecule has 0 amide bonds. The maximum Gasteiger partial charge on any atom is 0.0346 e. The summed E-state index contributed by atoms with van der Waals surface area (Å²) in [6, 6.07) is 52.8. The first-order chi connectivity index (χ1) is 22.8. The van der Waals surface area contributed by atoms with Gasteiger partial charge in [0, 0.05) is 35.9 Å². The fraction of sp³-hybridized carbons (Fsp3) is 0. The molecule has 2 heterocycles. The third kappa shape index (κ3) is 4.43. The molecule has 9 rings (SSSR count). The number of hydrogen-bond donors (Lipinski definition) is 0. The molecule has 214 valence electrons. The maximum atomic E-state index is 4.49. The van der Waals surface area contributed by atoms with Crippen molar-refractivity contribution in [3.63, 3.8) is 0 Å². The van der Waals surface area contributed by atoms with Crippen molar-refractivity contribution in [3.8, 4) is 55.6 Å². The van der Waals surface area contributed by atoms with E-state index in [1.54, 1.807) is 0 Å². The summed E-state index contributed by atoms with van der Waals surface area (Å²) in [6.45, 7) is 0. The van der Waals surface area contributed by atoms with Gasteiger partial charge in [-0.05, 0) is 113 Å². The quantitative estimate of drug-likeness (QED) is 0.188. The van der Waals surface area contributed by atoms with Gasteiger partial charge in [0.25, 0.3) is 0 Å². The standard InChI is InChI=1S/C44H28N2/c1-2-7-29(8-3-1)32-9-4-10-33(23-32)30-13-15-31(16-14-30)41-26-42(37-12-6-22-46-28-37)40-20-18-35-25-38(36-11-5-21-45-27-36)24-34-17-19-39(41)44(40)43(34)35/h1-28H. The summed E-state index contributed by atoms with van der Waals surface area (Å²) in [6.07, 6.45) is 7.57. The molecule has 0 aliphatic rings. The molecule has 46 heavy (non-hydrogen) atoms. The van der Waals surface area contributed by atoms with Crippen molar-refractivity contribution in [1.82, 2.24) is 9.97 Å². The second kappa shape index (κ2) is 10.8. The zero-order valence-electron chi connectivity index (χ0n) is 25.1. The minimum absolute atomic E-state index is 1.12. The number of nitrogens with zero attached hydrogens (tertiary/aromatic N) is 2. The van der Waals surface area contributed by atoms with Crippen LogP contribution in [-0.4, -0.2) is 9.97 Å². The Morgan fingerprint density at radius 1 is 0.304 bits per heavy atom. The number of hydrogen-bond acceptors (Lipinski definition) is 2. The van der Waals surface area contributed by atoms with Gasteiger partial charge in [-0.25, -0.2) is 0 Å². The highest BCUT2D eigenvalue weighted by atomic mass is 14.6. The Labute approximate surface area is 267 Å². The minimum atomic E-state index is 1.12. The lowest BCUT2D eigenvalue weighted by Gasteiger charge is -2.19. The van der Waals surface area contributed by atoms with E-state index in [2.05, 4.69) is 143 Å². The lowest BCUT2D eigenvalue weighted by molar-refractivity contribution is 1.33. The van der Waals surface area contributed by atoms with Gasteiger partial charge >= 0.3 is 0 Å². The van der Waals surface area contributed by atoms with Crippen LogP contribution in [0.4, 0.5) is 0 Å². The van der Waals surface area contributed by atoms with Crippen molar-refractivity contribution in [2.45, 2.75) is 0 Å². The van der Waals surface area contributed by atoms with Gasteiger partial charge in [-0.1, -0.05) is 109 Å². The lowest BCUT2D eigenvalue weighted by Crippen LogP contribution is -1.92. The molecule has 7 aromatic carbocycles. The van der Waals surface area contributed by atoms with Crippen LogP contribution in [0.3, 0.4) is 0 Å². The van der Waals surface area contributed by atoms with Gasteiger partial charge in [0.05, 0.1) is 0 Å². The van der Waals surface area contributed by atoms with Gasteiger partial charge in [-0.2, -0.15) is 0 Å². The molecule has 0 atom stereocenters. The van der Waals surface area contributed by atoms with Crippen LogP contribution in [-0.2, 0) is 0 Å². The Hall–Kier alpha value is -6.12. The first-order valence-corrected chi connectivity index (χ1v) is 15.6. The van der Waals surface area contributed by atoms with E-state index in [4.69, 9.17) is 0 Å². The SMILES string of the molecule is c1ccc(-c2cccc(-c3ccc(-c4cc(-c5cccnc5)c5ccc6cc(-c7cccnc7)cc7ccc4c5c76)cc3)c2)cc1. The van der Waals surface area contributed by atoms with Gasteiger partial charge in [0.1, 0.15) is 0 Å². The van der Waals surface area contributed by atoms with E-state index < -0.39 is 0 Å². The Morgan fingerprint density at radius 3 is 1.48 bits per heavy atom. The number of pyridine rings is 2. The highest BCUT2D eigenvalue weighted by Gasteiger charge is 2.18. The van der Waals surface area contributed by atoms with Crippen molar-refractivity contribution in [2.24, 2.45) is 0 Å². The molecule has 0 N–H and O–H groups in total. The van der Waals surface area contributed by atoms with Crippen LogP contribution >= 0.6 is 0 Å². The van der Waals surface area contributed by atoms with Gasteiger partial charge < -0.3 is 0 Å². The van der Waals surface area contributed by atoms with Crippen molar-refractivity contribution >= 4 is 32.3 Å². The molecule has 2 heteroatoms. The Balaban J connectivity index is 1.23. The van der Waals surface area contributed by atoms with Gasteiger partial charge in [-0.3, -0.25) is 9.97 Å². The van der Waals surface area contributed by atoms with Crippen molar-refractivity contribution < 1.29 is 0 Å². The molecule has 0 spiro atoms. The fourth-order valence-corrected chi connectivity index (χ4v) is 6.97. The molecule has 9 aromatic rings. The summed E-state index contributed by atoms with van der Waals surface area (Å²) in [5.74, 6) is 0. The van der Waals surface area contributed by atoms with Crippen LogP contribution in [0.2, 0.25) is 0 Å². The molecule has 0 saturated carbocycles. The number of benzene rings is 7. The Morgan fingerprint density at radius 2 is 0.848 bits per heavy atom. The van der Waals surface area contributed by atoms with E-state index in [0.29, 0.717) is 0 Å². The summed E-state index contributed by atoms with van der Waals surface area (Å²) in [5.41, 5.74) is 11.9. The molecule has 0 aliphatic carbocycles. The van der Waals surface area contributed by atoms with Crippen molar-refractivity contribution in [3.05, 3.63) is 170 Å². The molecule has 2 nitrogen and oxygen atoms in total. The summed E-state index contributed by atoms with van der Waals surface area (Å²) in [5, 5.41) is 7.56. The summed E-state index contributed by atoms with van der Waals surface area (Å²) in [7, 11) is 0. The van der Waals surface area contributed by atoms with E-state index in [-0.39, 0.29) is 0 Å². The summed E-state index contributed by atoms with van der Waals surface area (Å²) >= 11 is 0. The van der Waals surface area contributed by atoms with E-state index in [0.717, 1.165) is 11.1 Å². The molecule has 0 aliphatic heterocycles. The van der Waals surface area contributed by atoms with E-state index >= 15 is 0 Å².